The van der Waals surface area contributed by atoms with Gasteiger partial charge in [-0.05, 0) is 77.0 Å². The van der Waals surface area contributed by atoms with Crippen LogP contribution in [0.5, 0.6) is 5.75 Å². The molecular formula is C29H33BrN4O4S. The van der Waals surface area contributed by atoms with Crippen LogP contribution in [0.1, 0.15) is 56.6 Å². The zero-order valence-electron chi connectivity index (χ0n) is 22.5. The zero-order valence-corrected chi connectivity index (χ0v) is 24.9. The average molecular weight is 614 g/mol. The highest BCUT2D eigenvalue weighted by Crippen LogP contribution is 2.46. The van der Waals surface area contributed by atoms with Crippen LogP contribution in [-0.4, -0.2) is 27.6 Å². The molecule has 1 heterocycles. The number of halogens is 1. The second-order valence-corrected chi connectivity index (χ2v) is 12.7. The van der Waals surface area contributed by atoms with Gasteiger partial charge in [-0.25, -0.2) is 8.42 Å². The predicted octanol–water partition coefficient (Wildman–Crippen LogP) is 5.96. The van der Waals surface area contributed by atoms with E-state index in [4.69, 9.17) is 4.74 Å². The Morgan fingerprint density at radius 1 is 1.23 bits per heavy atom. The number of carbonyl (C=O) groups excluding carboxylic acids is 1. The summed E-state index contributed by atoms with van der Waals surface area (Å²) in [6.07, 6.45) is 4.24. The van der Waals surface area contributed by atoms with Crippen molar-refractivity contribution in [2.24, 2.45) is 5.92 Å². The third-order valence-electron chi connectivity index (χ3n) is 7.07. The average Bonchev–Trinajstić information content (AvgIpc) is 2.86. The quantitative estimate of drug-likeness (QED) is 0.319. The molecule has 0 bridgehead atoms. The fourth-order valence-electron chi connectivity index (χ4n) is 5.44. The number of benzene rings is 2. The molecule has 0 saturated carbocycles. The molecule has 206 valence electrons. The van der Waals surface area contributed by atoms with E-state index in [2.05, 4.69) is 44.3 Å². The first-order chi connectivity index (χ1) is 18.5. The Morgan fingerprint density at radius 3 is 2.67 bits per heavy atom. The molecule has 2 unspecified atom stereocenters. The Bertz CT molecular complexity index is 1510. The van der Waals surface area contributed by atoms with Gasteiger partial charge < -0.3 is 15.4 Å². The van der Waals surface area contributed by atoms with Crippen LogP contribution in [0.4, 0.5) is 11.4 Å². The van der Waals surface area contributed by atoms with Crippen molar-refractivity contribution >= 4 is 43.1 Å². The fourth-order valence-corrected chi connectivity index (χ4v) is 6.62. The lowest BCUT2D eigenvalue weighted by atomic mass is 9.72. The monoisotopic (exact) mass is 612 g/mol. The molecule has 0 spiro atoms. The number of nitriles is 1. The maximum absolute atomic E-state index is 13.5. The number of allylic oxidation sites excluding steroid dienone is 4. The summed E-state index contributed by atoms with van der Waals surface area (Å²) in [6.45, 7) is 4.37. The molecule has 2 aromatic rings. The molecule has 0 amide bonds. The molecule has 0 saturated heterocycles. The number of carbonyl (C=O) groups is 1. The van der Waals surface area contributed by atoms with E-state index in [1.54, 1.807) is 13.2 Å². The molecule has 0 aromatic heterocycles. The molecule has 8 nitrogen and oxygen atoms in total. The van der Waals surface area contributed by atoms with Gasteiger partial charge in [0.1, 0.15) is 5.75 Å². The second-order valence-electron chi connectivity index (χ2n) is 10.1. The Kier molecular flexibility index (Phi) is 8.72. The molecule has 2 aromatic carbocycles. The van der Waals surface area contributed by atoms with E-state index in [0.717, 1.165) is 42.5 Å². The molecule has 39 heavy (non-hydrogen) atoms. The highest BCUT2D eigenvalue weighted by Gasteiger charge is 2.38. The van der Waals surface area contributed by atoms with Crippen LogP contribution in [0, 0.1) is 17.2 Å². The van der Waals surface area contributed by atoms with E-state index >= 15 is 0 Å². The minimum Gasteiger partial charge on any atom is -0.497 e. The zero-order chi connectivity index (χ0) is 28.3. The molecule has 4 rings (SSSR count). The summed E-state index contributed by atoms with van der Waals surface area (Å²) < 4.78 is 33.2. The number of methoxy groups -OCH3 is 1. The van der Waals surface area contributed by atoms with Gasteiger partial charge in [0.15, 0.2) is 5.78 Å². The molecule has 3 N–H and O–H groups in total. The standard InChI is InChI=1S/C29H33BrN4O4S/c1-5-7-18-11-24-28(26(35)12-18)27(22(15-31)17(2)33-24)20-13-23(30)29(25(14-20)34-39(4,36)37)32-16-19-8-6-9-21(10-19)38-3/h6,8-10,13-14,18,27,32-34H,5,7,11-12,16H2,1-4H3. The first-order valence-electron chi connectivity index (χ1n) is 12.9. The molecule has 0 radical (unpaired) electrons. The van der Waals surface area contributed by atoms with Gasteiger partial charge in [-0.1, -0.05) is 25.5 Å². The van der Waals surface area contributed by atoms with Crippen LogP contribution in [0.2, 0.25) is 0 Å². The minimum atomic E-state index is -3.63. The summed E-state index contributed by atoms with van der Waals surface area (Å²) in [6, 6.07) is 13.5. The number of ether oxygens (including phenoxy) is 1. The summed E-state index contributed by atoms with van der Waals surface area (Å²) in [4.78, 5) is 13.5. The Labute approximate surface area is 238 Å². The van der Waals surface area contributed by atoms with Crippen molar-refractivity contribution in [2.75, 3.05) is 23.4 Å². The van der Waals surface area contributed by atoms with Gasteiger partial charge >= 0.3 is 0 Å². The van der Waals surface area contributed by atoms with Crippen LogP contribution in [0.15, 0.2) is 63.4 Å². The smallest absolute Gasteiger partial charge is 0.229 e. The third-order valence-corrected chi connectivity index (χ3v) is 8.29. The van der Waals surface area contributed by atoms with Crippen LogP contribution in [0.25, 0.3) is 0 Å². The fraction of sp³-hybridized carbons (Fsp3) is 0.379. The van der Waals surface area contributed by atoms with Gasteiger partial charge in [0.05, 0.1) is 42.3 Å². The largest absolute Gasteiger partial charge is 0.497 e. The molecular weight excluding hydrogens is 580 g/mol. The van der Waals surface area contributed by atoms with Crippen molar-refractivity contribution in [1.29, 1.82) is 5.26 Å². The summed E-state index contributed by atoms with van der Waals surface area (Å²) in [5.41, 5.74) is 5.10. The van der Waals surface area contributed by atoms with E-state index in [-0.39, 0.29) is 11.7 Å². The second kappa shape index (κ2) is 11.8. The van der Waals surface area contributed by atoms with Gasteiger partial charge in [-0.3, -0.25) is 9.52 Å². The van der Waals surface area contributed by atoms with Crippen molar-refractivity contribution in [1.82, 2.24) is 5.32 Å². The Morgan fingerprint density at radius 2 is 2.00 bits per heavy atom. The molecule has 2 aliphatic rings. The number of hydrogen-bond acceptors (Lipinski definition) is 7. The van der Waals surface area contributed by atoms with Crippen LogP contribution >= 0.6 is 15.9 Å². The number of nitrogens with one attached hydrogen (secondary N) is 3. The van der Waals surface area contributed by atoms with E-state index in [9.17, 15) is 18.5 Å². The molecule has 2 atom stereocenters. The van der Waals surface area contributed by atoms with Crippen molar-refractivity contribution in [3.05, 3.63) is 74.5 Å². The molecule has 1 aliphatic heterocycles. The summed E-state index contributed by atoms with van der Waals surface area (Å²) in [7, 11) is -2.03. The van der Waals surface area contributed by atoms with Crippen LogP contribution in [0.3, 0.4) is 0 Å². The van der Waals surface area contributed by atoms with Gasteiger partial charge in [-0.2, -0.15) is 5.26 Å². The lowest BCUT2D eigenvalue weighted by molar-refractivity contribution is -0.117. The maximum Gasteiger partial charge on any atom is 0.229 e. The first-order valence-corrected chi connectivity index (χ1v) is 15.5. The van der Waals surface area contributed by atoms with Crippen LogP contribution < -0.4 is 20.1 Å². The number of sulfonamides is 1. The first kappa shape index (κ1) is 28.7. The van der Waals surface area contributed by atoms with E-state index in [1.165, 1.54) is 0 Å². The summed E-state index contributed by atoms with van der Waals surface area (Å²) >= 11 is 3.63. The summed E-state index contributed by atoms with van der Waals surface area (Å²) in [5.74, 6) is 0.424. The number of nitrogens with zero attached hydrogens (tertiary/aromatic N) is 1. The van der Waals surface area contributed by atoms with Crippen molar-refractivity contribution in [2.45, 2.75) is 52.0 Å². The Balaban J connectivity index is 1.79. The Hall–Kier alpha value is -3.29. The van der Waals surface area contributed by atoms with E-state index in [1.807, 2.05) is 37.3 Å². The van der Waals surface area contributed by atoms with Crippen molar-refractivity contribution in [3.63, 3.8) is 0 Å². The van der Waals surface area contributed by atoms with Crippen molar-refractivity contribution < 1.29 is 17.9 Å². The normalized spacial score (nSPS) is 19.2. The molecule has 1 aliphatic carbocycles. The highest BCUT2D eigenvalue weighted by atomic mass is 79.9. The van der Waals surface area contributed by atoms with Gasteiger partial charge in [0.2, 0.25) is 10.0 Å². The van der Waals surface area contributed by atoms with Gasteiger partial charge in [0.25, 0.3) is 0 Å². The lowest BCUT2D eigenvalue weighted by Gasteiger charge is -2.35. The number of hydrogen-bond donors (Lipinski definition) is 3. The van der Waals surface area contributed by atoms with Gasteiger partial charge in [-0.15, -0.1) is 0 Å². The highest BCUT2D eigenvalue weighted by molar-refractivity contribution is 9.10. The predicted molar refractivity (Wildman–Crippen MR) is 157 cm³/mol. The topological polar surface area (TPSA) is 120 Å². The minimum absolute atomic E-state index is 0.0291. The van der Waals surface area contributed by atoms with Crippen LogP contribution in [-0.2, 0) is 21.4 Å². The summed E-state index contributed by atoms with van der Waals surface area (Å²) in [5, 5.41) is 16.8. The number of ketones is 1. The molecule has 10 heteroatoms. The number of dihydropyridines is 1. The van der Waals surface area contributed by atoms with E-state index < -0.39 is 15.9 Å². The molecule has 0 fully saturated rings. The third kappa shape index (κ3) is 6.48. The lowest BCUT2D eigenvalue weighted by Crippen LogP contribution is -2.34. The number of anilines is 2. The number of Topliss-reactive ketones (excluding diaryl/α,β-unsaturated/α-hetero) is 1. The number of rotatable bonds is 9. The van der Waals surface area contributed by atoms with E-state index in [0.29, 0.717) is 51.2 Å². The maximum atomic E-state index is 13.5. The van der Waals surface area contributed by atoms with Gasteiger partial charge in [0, 0.05) is 34.4 Å². The SMILES string of the molecule is CCCC1CC(=O)C2=C(C1)NC(C)=C(C#N)C2c1cc(Br)c(NCc2cccc(OC)c2)c(NS(C)(=O)=O)c1. The van der Waals surface area contributed by atoms with Crippen molar-refractivity contribution in [3.8, 4) is 11.8 Å².